The maximum absolute atomic E-state index is 12.3. The Bertz CT molecular complexity index is 1430. The lowest BCUT2D eigenvalue weighted by atomic mass is 10.1. The molecule has 3 aromatic rings. The van der Waals surface area contributed by atoms with Gasteiger partial charge in [0.15, 0.2) is 17.2 Å². The zero-order valence-electron chi connectivity index (χ0n) is 21.2. The van der Waals surface area contributed by atoms with E-state index in [-0.39, 0.29) is 22.0 Å². The van der Waals surface area contributed by atoms with E-state index in [1.807, 2.05) is 11.9 Å². The number of hydrogen-bond acceptors (Lipinski definition) is 10. The van der Waals surface area contributed by atoms with Gasteiger partial charge in [-0.15, -0.1) is 0 Å². The molecule has 13 heteroatoms. The molecule has 38 heavy (non-hydrogen) atoms. The van der Waals surface area contributed by atoms with Gasteiger partial charge < -0.3 is 30.3 Å². The van der Waals surface area contributed by atoms with Crippen LogP contribution in [0.2, 0.25) is 0 Å². The van der Waals surface area contributed by atoms with Crippen molar-refractivity contribution in [2.24, 2.45) is 10.7 Å². The number of rotatable bonds is 7. The molecule has 1 saturated heterocycles. The molecular formula is C25H28N8O5. The van der Waals surface area contributed by atoms with Gasteiger partial charge in [0.05, 0.1) is 24.8 Å². The highest BCUT2D eigenvalue weighted by atomic mass is 16.6. The van der Waals surface area contributed by atoms with Crippen LogP contribution in [0, 0.1) is 10.1 Å². The fourth-order valence-electron chi connectivity index (χ4n) is 4.69. The van der Waals surface area contributed by atoms with Crippen LogP contribution in [-0.2, 0) is 4.79 Å². The number of likely N-dealkylation sites (N-methyl/N-ethyl adjacent to an activating group) is 1. The third-order valence-corrected chi connectivity index (χ3v) is 6.76. The second-order valence-corrected chi connectivity index (χ2v) is 9.04. The number of nitro benzene ring substituents is 1. The largest absolute Gasteiger partial charge is 0.493 e. The highest BCUT2D eigenvalue weighted by Gasteiger charge is 2.31. The summed E-state index contributed by atoms with van der Waals surface area (Å²) < 4.78 is 12.4. The standard InChI is InChI=1S/C25H28N8O5/c1-30-8-10-31(11-9-30)17-6-5-16(13-18(17)33(35)36)32-14-27-22-21(23(26)34)28-24(29-25(22)32)15-4-7-19(37-2)20(12-15)38-3/h4-7,12-14,24,29H,8-11H2,1-3H3,(H2,26,34). The number of carbonyl (C=O) groups is 1. The minimum absolute atomic E-state index is 0.000779. The Labute approximate surface area is 218 Å². The molecule has 3 heterocycles. The number of methoxy groups -OCH3 is 2. The van der Waals surface area contributed by atoms with Crippen molar-refractivity contribution < 1.29 is 19.2 Å². The van der Waals surface area contributed by atoms with Crippen LogP contribution >= 0.6 is 0 Å². The summed E-state index contributed by atoms with van der Waals surface area (Å²) in [5.41, 5.74) is 7.68. The van der Waals surface area contributed by atoms with Gasteiger partial charge in [0.2, 0.25) is 0 Å². The fourth-order valence-corrected chi connectivity index (χ4v) is 4.69. The lowest BCUT2D eigenvalue weighted by molar-refractivity contribution is -0.384. The lowest BCUT2D eigenvalue weighted by Crippen LogP contribution is -2.44. The van der Waals surface area contributed by atoms with Crippen LogP contribution in [0.25, 0.3) is 5.69 Å². The first-order chi connectivity index (χ1) is 18.3. The Morgan fingerprint density at radius 2 is 1.84 bits per heavy atom. The molecule has 2 aromatic carbocycles. The van der Waals surface area contributed by atoms with Gasteiger partial charge in [0.25, 0.3) is 11.6 Å². The molecule has 2 aliphatic heterocycles. The number of nitro groups is 1. The molecule has 1 aromatic heterocycles. The first kappa shape index (κ1) is 25.0. The monoisotopic (exact) mass is 520 g/mol. The SMILES string of the molecule is COc1ccc(C2N=C(C(N)=O)c3ncn(-c4ccc(N5CCN(C)CC5)c([N+](=O)[O-])c4)c3N2)cc1OC. The number of benzene rings is 2. The van der Waals surface area contributed by atoms with Gasteiger partial charge in [-0.2, -0.15) is 0 Å². The van der Waals surface area contributed by atoms with Crippen molar-refractivity contribution in [3.05, 3.63) is 64.1 Å². The van der Waals surface area contributed by atoms with E-state index >= 15 is 0 Å². The third kappa shape index (κ3) is 4.47. The molecule has 1 fully saturated rings. The average Bonchev–Trinajstić information content (AvgIpc) is 3.36. The normalized spacial score (nSPS) is 17.3. The Balaban J connectivity index is 1.55. The van der Waals surface area contributed by atoms with Crippen LogP contribution in [0.1, 0.15) is 17.4 Å². The Kier molecular flexibility index (Phi) is 6.59. The molecule has 1 unspecified atom stereocenters. The van der Waals surface area contributed by atoms with Crippen LogP contribution in [0.3, 0.4) is 0 Å². The summed E-state index contributed by atoms with van der Waals surface area (Å²) in [5.74, 6) is 0.747. The second-order valence-electron chi connectivity index (χ2n) is 9.04. The molecule has 0 radical (unpaired) electrons. The molecular weight excluding hydrogens is 492 g/mol. The third-order valence-electron chi connectivity index (χ3n) is 6.76. The van der Waals surface area contributed by atoms with Gasteiger partial charge in [0.1, 0.15) is 29.7 Å². The van der Waals surface area contributed by atoms with Gasteiger partial charge in [-0.1, -0.05) is 6.07 Å². The molecule has 1 atom stereocenters. The predicted molar refractivity (Wildman–Crippen MR) is 142 cm³/mol. The van der Waals surface area contributed by atoms with Crippen LogP contribution < -0.4 is 25.4 Å². The number of fused-ring (bicyclic) bond motifs is 1. The summed E-state index contributed by atoms with van der Waals surface area (Å²) in [4.78, 5) is 37.1. The van der Waals surface area contributed by atoms with E-state index < -0.39 is 12.1 Å². The Morgan fingerprint density at radius 1 is 1.11 bits per heavy atom. The molecule has 13 nitrogen and oxygen atoms in total. The van der Waals surface area contributed by atoms with E-state index in [9.17, 15) is 14.9 Å². The summed E-state index contributed by atoms with van der Waals surface area (Å²) in [6, 6.07) is 10.3. The smallest absolute Gasteiger partial charge is 0.294 e. The molecule has 2 aliphatic rings. The first-order valence-corrected chi connectivity index (χ1v) is 12.0. The van der Waals surface area contributed by atoms with Gasteiger partial charge in [-0.3, -0.25) is 19.5 Å². The zero-order chi connectivity index (χ0) is 27.0. The van der Waals surface area contributed by atoms with Crippen molar-refractivity contribution in [1.29, 1.82) is 0 Å². The van der Waals surface area contributed by atoms with E-state index in [1.54, 1.807) is 42.0 Å². The van der Waals surface area contributed by atoms with Crippen LogP contribution in [0.15, 0.2) is 47.7 Å². The molecule has 1 amide bonds. The summed E-state index contributed by atoms with van der Waals surface area (Å²) in [7, 11) is 5.10. The van der Waals surface area contributed by atoms with E-state index in [1.165, 1.54) is 19.5 Å². The van der Waals surface area contributed by atoms with E-state index in [0.717, 1.165) is 13.1 Å². The number of imidazole rings is 1. The number of piperazine rings is 1. The number of nitrogens with zero attached hydrogens (tertiary/aromatic N) is 6. The summed E-state index contributed by atoms with van der Waals surface area (Å²) in [6.07, 6.45) is 0.793. The highest BCUT2D eigenvalue weighted by molar-refractivity contribution is 6.45. The number of amides is 1. The Morgan fingerprint density at radius 3 is 2.50 bits per heavy atom. The zero-order valence-corrected chi connectivity index (χ0v) is 21.2. The second kappa shape index (κ2) is 10.0. The molecule has 5 rings (SSSR count). The van der Waals surface area contributed by atoms with E-state index in [0.29, 0.717) is 47.3 Å². The van der Waals surface area contributed by atoms with Gasteiger partial charge >= 0.3 is 0 Å². The maximum atomic E-state index is 12.3. The van der Waals surface area contributed by atoms with E-state index in [2.05, 4.69) is 20.2 Å². The highest BCUT2D eigenvalue weighted by Crippen LogP contribution is 2.37. The van der Waals surface area contributed by atoms with Crippen molar-refractivity contribution >= 4 is 28.8 Å². The summed E-state index contributed by atoms with van der Waals surface area (Å²) in [5, 5.41) is 15.3. The quantitative estimate of drug-likeness (QED) is 0.351. The van der Waals surface area contributed by atoms with Crippen LogP contribution in [0.4, 0.5) is 17.2 Å². The number of nitrogens with two attached hydrogens (primary N) is 1. The number of aliphatic imine (C=N–C) groups is 1. The average molecular weight is 521 g/mol. The molecule has 0 saturated carbocycles. The maximum Gasteiger partial charge on any atom is 0.294 e. The minimum atomic E-state index is -0.736. The number of aromatic nitrogens is 2. The fraction of sp³-hybridized carbons (Fsp3) is 0.320. The minimum Gasteiger partial charge on any atom is -0.493 e. The molecule has 0 spiro atoms. The van der Waals surface area contributed by atoms with E-state index in [4.69, 9.17) is 15.2 Å². The van der Waals surface area contributed by atoms with Crippen molar-refractivity contribution in [2.75, 3.05) is 57.7 Å². The van der Waals surface area contributed by atoms with Crippen molar-refractivity contribution in [3.8, 4) is 17.2 Å². The van der Waals surface area contributed by atoms with Crippen LogP contribution in [0.5, 0.6) is 11.5 Å². The van der Waals surface area contributed by atoms with Gasteiger partial charge in [0, 0.05) is 37.8 Å². The molecule has 3 N–H and O–H groups in total. The van der Waals surface area contributed by atoms with Gasteiger partial charge in [-0.25, -0.2) is 9.98 Å². The first-order valence-electron chi connectivity index (χ1n) is 12.0. The topological polar surface area (TPSA) is 153 Å². The summed E-state index contributed by atoms with van der Waals surface area (Å²) >= 11 is 0. The number of carbonyl (C=O) groups excluding carboxylic acids is 1. The molecule has 0 bridgehead atoms. The van der Waals surface area contributed by atoms with Crippen LogP contribution in [-0.4, -0.2) is 78.4 Å². The van der Waals surface area contributed by atoms with Crippen molar-refractivity contribution in [2.45, 2.75) is 6.17 Å². The Hall–Kier alpha value is -4.65. The number of anilines is 2. The van der Waals surface area contributed by atoms with Gasteiger partial charge in [-0.05, 0) is 31.3 Å². The predicted octanol–water partition coefficient (Wildman–Crippen LogP) is 1.95. The summed E-state index contributed by atoms with van der Waals surface area (Å²) in [6.45, 7) is 3.05. The number of primary amides is 1. The number of nitrogens with one attached hydrogen (secondary N) is 1. The molecule has 0 aliphatic carbocycles. The molecule has 198 valence electrons. The number of hydrogen-bond donors (Lipinski definition) is 2. The van der Waals surface area contributed by atoms with Crippen molar-refractivity contribution in [3.63, 3.8) is 0 Å². The van der Waals surface area contributed by atoms with Crippen molar-refractivity contribution in [1.82, 2.24) is 14.5 Å². The number of ether oxygens (including phenoxy) is 2. The lowest BCUT2D eigenvalue weighted by Gasteiger charge is -2.33.